The van der Waals surface area contributed by atoms with Gasteiger partial charge in [-0.25, -0.2) is 0 Å². The van der Waals surface area contributed by atoms with Crippen LogP contribution in [0, 0.1) is 0 Å². The Morgan fingerprint density at radius 1 is 1.50 bits per heavy atom. The summed E-state index contributed by atoms with van der Waals surface area (Å²) in [6, 6.07) is 0. The maximum absolute atomic E-state index is 11.3. The molecule has 2 N–H and O–H groups in total. The minimum absolute atomic E-state index is 0.0513. The molecule has 0 spiro atoms. The lowest BCUT2D eigenvalue weighted by Crippen LogP contribution is -2.43. The van der Waals surface area contributed by atoms with Crippen LogP contribution in [0.1, 0.15) is 19.3 Å². The predicted molar refractivity (Wildman–Crippen MR) is 50.5 cm³/mol. The smallest absolute Gasteiger partial charge is 0.239 e. The van der Waals surface area contributed by atoms with Gasteiger partial charge in [-0.1, -0.05) is 0 Å². The molecule has 1 rings (SSSR count). The second-order valence-corrected chi connectivity index (χ2v) is 3.35. The number of carbonyl (C=O) groups excluding carboxylic acids is 2. The number of aliphatic hydroxyl groups is 1. The van der Waals surface area contributed by atoms with Gasteiger partial charge < -0.3 is 15.3 Å². The number of amides is 2. The van der Waals surface area contributed by atoms with Crippen molar-refractivity contribution in [2.75, 3.05) is 26.2 Å². The first-order chi connectivity index (χ1) is 6.74. The number of rotatable bonds is 4. The van der Waals surface area contributed by atoms with E-state index < -0.39 is 0 Å². The molecule has 1 aliphatic heterocycles. The average molecular weight is 200 g/mol. The number of hydrogen-bond acceptors (Lipinski definition) is 3. The Balaban J connectivity index is 2.27. The van der Waals surface area contributed by atoms with Crippen molar-refractivity contribution >= 4 is 11.8 Å². The highest BCUT2D eigenvalue weighted by molar-refractivity contribution is 5.85. The molecule has 2 amide bonds. The third-order valence-corrected chi connectivity index (χ3v) is 2.19. The van der Waals surface area contributed by atoms with Crippen LogP contribution >= 0.6 is 0 Å². The Morgan fingerprint density at radius 2 is 2.29 bits per heavy atom. The Kier molecular flexibility index (Phi) is 4.39. The minimum atomic E-state index is -0.200. The van der Waals surface area contributed by atoms with Crippen molar-refractivity contribution in [2.45, 2.75) is 19.3 Å². The zero-order chi connectivity index (χ0) is 10.4. The molecule has 14 heavy (non-hydrogen) atoms. The van der Waals surface area contributed by atoms with Crippen molar-refractivity contribution in [2.24, 2.45) is 0 Å². The second-order valence-electron chi connectivity index (χ2n) is 3.35. The van der Waals surface area contributed by atoms with Gasteiger partial charge in [0.25, 0.3) is 0 Å². The van der Waals surface area contributed by atoms with Gasteiger partial charge in [-0.3, -0.25) is 9.59 Å². The van der Waals surface area contributed by atoms with Crippen LogP contribution in [0.4, 0.5) is 0 Å². The number of piperidine rings is 1. The summed E-state index contributed by atoms with van der Waals surface area (Å²) in [5.74, 6) is -0.148. The van der Waals surface area contributed by atoms with Gasteiger partial charge in [-0.15, -0.1) is 0 Å². The van der Waals surface area contributed by atoms with E-state index in [4.69, 9.17) is 5.11 Å². The van der Waals surface area contributed by atoms with E-state index in [-0.39, 0.29) is 31.5 Å². The van der Waals surface area contributed by atoms with Crippen molar-refractivity contribution in [1.29, 1.82) is 0 Å². The molecular formula is C9H16N2O3. The van der Waals surface area contributed by atoms with Crippen LogP contribution in [0.25, 0.3) is 0 Å². The monoisotopic (exact) mass is 200 g/mol. The fourth-order valence-corrected chi connectivity index (χ4v) is 1.45. The molecule has 80 valence electrons. The minimum Gasteiger partial charge on any atom is -0.395 e. The van der Waals surface area contributed by atoms with E-state index in [1.165, 1.54) is 0 Å². The number of carbonyl (C=O) groups is 2. The lowest BCUT2D eigenvalue weighted by molar-refractivity contribution is -0.137. The van der Waals surface area contributed by atoms with E-state index >= 15 is 0 Å². The average Bonchev–Trinajstić information content (AvgIpc) is 2.18. The number of aliphatic hydroxyl groups excluding tert-OH is 1. The van der Waals surface area contributed by atoms with Crippen LogP contribution in [0.5, 0.6) is 0 Å². The topological polar surface area (TPSA) is 69.6 Å². The Hall–Kier alpha value is -1.10. The quantitative estimate of drug-likeness (QED) is 0.618. The van der Waals surface area contributed by atoms with Gasteiger partial charge in [0.1, 0.15) is 0 Å². The maximum atomic E-state index is 11.3. The lowest BCUT2D eigenvalue weighted by atomic mass is 10.1. The van der Waals surface area contributed by atoms with Crippen LogP contribution < -0.4 is 5.32 Å². The first kappa shape index (κ1) is 11.0. The fourth-order valence-electron chi connectivity index (χ4n) is 1.45. The van der Waals surface area contributed by atoms with Crippen LogP contribution in [0.15, 0.2) is 0 Å². The molecule has 0 aromatic rings. The van der Waals surface area contributed by atoms with Gasteiger partial charge in [-0.2, -0.15) is 0 Å². The van der Waals surface area contributed by atoms with Crippen LogP contribution in [-0.4, -0.2) is 48.1 Å². The van der Waals surface area contributed by atoms with Crippen molar-refractivity contribution in [3.63, 3.8) is 0 Å². The molecule has 0 aromatic carbocycles. The summed E-state index contributed by atoms with van der Waals surface area (Å²) >= 11 is 0. The molecule has 1 saturated heterocycles. The zero-order valence-corrected chi connectivity index (χ0v) is 8.16. The standard InChI is InChI=1S/C9H16N2O3/c12-6-4-10-8(13)7-11-5-2-1-3-9(11)14/h12H,1-7H2,(H,10,13). The molecule has 0 aromatic heterocycles. The predicted octanol–water partition coefficient (Wildman–Crippen LogP) is -0.893. The molecular weight excluding hydrogens is 184 g/mol. The highest BCUT2D eigenvalue weighted by Crippen LogP contribution is 2.09. The Bertz CT molecular complexity index is 218. The van der Waals surface area contributed by atoms with E-state index in [1.54, 1.807) is 4.90 Å². The van der Waals surface area contributed by atoms with E-state index in [1.807, 2.05) is 0 Å². The van der Waals surface area contributed by atoms with Gasteiger partial charge in [0.05, 0.1) is 13.2 Å². The summed E-state index contributed by atoms with van der Waals surface area (Å²) in [4.78, 5) is 24.1. The molecule has 1 aliphatic rings. The van der Waals surface area contributed by atoms with Crippen molar-refractivity contribution in [3.05, 3.63) is 0 Å². The van der Waals surface area contributed by atoms with Crippen LogP contribution in [0.3, 0.4) is 0 Å². The second kappa shape index (κ2) is 5.59. The summed E-state index contributed by atoms with van der Waals surface area (Å²) in [6.45, 7) is 0.977. The van der Waals surface area contributed by atoms with Crippen LogP contribution in [0.2, 0.25) is 0 Å². The van der Waals surface area contributed by atoms with Gasteiger partial charge in [0.15, 0.2) is 0 Å². The first-order valence-electron chi connectivity index (χ1n) is 4.89. The summed E-state index contributed by atoms with van der Waals surface area (Å²) in [6.07, 6.45) is 2.44. The van der Waals surface area contributed by atoms with Crippen LogP contribution in [-0.2, 0) is 9.59 Å². The Morgan fingerprint density at radius 3 is 2.93 bits per heavy atom. The van der Waals surface area contributed by atoms with Crippen molar-refractivity contribution < 1.29 is 14.7 Å². The third-order valence-electron chi connectivity index (χ3n) is 2.19. The molecule has 0 radical (unpaired) electrons. The SMILES string of the molecule is O=C(CN1CCCCC1=O)NCCO. The zero-order valence-electron chi connectivity index (χ0n) is 8.16. The van der Waals surface area contributed by atoms with E-state index in [9.17, 15) is 9.59 Å². The molecule has 1 heterocycles. The number of nitrogens with zero attached hydrogens (tertiary/aromatic N) is 1. The highest BCUT2D eigenvalue weighted by atomic mass is 16.3. The third kappa shape index (κ3) is 3.33. The Labute approximate surface area is 83.1 Å². The first-order valence-corrected chi connectivity index (χ1v) is 4.89. The maximum Gasteiger partial charge on any atom is 0.239 e. The molecule has 5 heteroatoms. The van der Waals surface area contributed by atoms with E-state index in [0.29, 0.717) is 13.0 Å². The fraction of sp³-hybridized carbons (Fsp3) is 0.778. The number of nitrogens with one attached hydrogen (secondary N) is 1. The van der Waals surface area contributed by atoms with E-state index in [0.717, 1.165) is 12.8 Å². The molecule has 0 saturated carbocycles. The highest BCUT2D eigenvalue weighted by Gasteiger charge is 2.19. The van der Waals surface area contributed by atoms with Gasteiger partial charge in [0.2, 0.25) is 11.8 Å². The van der Waals surface area contributed by atoms with Gasteiger partial charge in [0, 0.05) is 19.5 Å². The van der Waals surface area contributed by atoms with Crippen molar-refractivity contribution in [1.82, 2.24) is 10.2 Å². The molecule has 0 unspecified atom stereocenters. The number of hydrogen-bond donors (Lipinski definition) is 2. The summed E-state index contributed by atoms with van der Waals surface area (Å²) in [7, 11) is 0. The summed E-state index contributed by atoms with van der Waals surface area (Å²) in [5.41, 5.74) is 0. The summed E-state index contributed by atoms with van der Waals surface area (Å²) < 4.78 is 0. The largest absolute Gasteiger partial charge is 0.395 e. The van der Waals surface area contributed by atoms with E-state index in [2.05, 4.69) is 5.32 Å². The van der Waals surface area contributed by atoms with Gasteiger partial charge in [-0.05, 0) is 12.8 Å². The molecule has 1 fully saturated rings. The molecule has 0 bridgehead atoms. The van der Waals surface area contributed by atoms with Gasteiger partial charge >= 0.3 is 0 Å². The van der Waals surface area contributed by atoms with Crippen molar-refractivity contribution in [3.8, 4) is 0 Å². The lowest BCUT2D eigenvalue weighted by Gasteiger charge is -2.25. The number of likely N-dealkylation sites (tertiary alicyclic amines) is 1. The normalized spacial score (nSPS) is 16.9. The molecule has 0 atom stereocenters. The molecule has 0 aliphatic carbocycles. The molecule has 5 nitrogen and oxygen atoms in total. The summed E-state index contributed by atoms with van der Waals surface area (Å²) in [5, 5.41) is 11.0.